The lowest BCUT2D eigenvalue weighted by Gasteiger charge is -2.07. The number of carbonyl (C=O) groups excluding carboxylic acids is 2. The van der Waals surface area contributed by atoms with Gasteiger partial charge in [-0.1, -0.05) is 0 Å². The molecule has 0 fully saturated rings. The highest BCUT2D eigenvalue weighted by Gasteiger charge is 2.24. The van der Waals surface area contributed by atoms with E-state index in [1.54, 1.807) is 6.07 Å². The Morgan fingerprint density at radius 2 is 1.92 bits per heavy atom. The molecule has 12 heavy (non-hydrogen) atoms. The normalized spacial score (nSPS) is 16.4. The summed E-state index contributed by atoms with van der Waals surface area (Å²) in [5.41, 5.74) is 1.95. The molecule has 1 aromatic heterocycles. The van der Waals surface area contributed by atoms with Crippen LogP contribution in [-0.4, -0.2) is 16.6 Å². The average Bonchev–Trinajstić information content (AvgIpc) is 2.41. The number of nitrogens with one attached hydrogen (secondary N) is 1. The van der Waals surface area contributed by atoms with Crippen LogP contribution in [0.2, 0.25) is 0 Å². The number of H-pyrrole nitrogens is 1. The molecule has 0 spiro atoms. The van der Waals surface area contributed by atoms with Gasteiger partial charge < -0.3 is 4.98 Å². The number of ketones is 2. The summed E-state index contributed by atoms with van der Waals surface area (Å²) in [6, 6.07) is 1.74. The largest absolute Gasteiger partial charge is 0.356 e. The van der Waals surface area contributed by atoms with Crippen LogP contribution < -0.4 is 0 Å². The standard InChI is InChI=1S/C9H9NO2/c1-5-4-6-7(11)2-3-8(12)9(6)10-5/h4,10H,2-3H2,1H3. The first-order chi connectivity index (χ1) is 5.68. The van der Waals surface area contributed by atoms with E-state index in [2.05, 4.69) is 4.98 Å². The van der Waals surface area contributed by atoms with E-state index >= 15 is 0 Å². The third-order valence-electron chi connectivity index (χ3n) is 2.11. The SMILES string of the molecule is Cc1cc2c([nH]1)C(=O)CCC2=O. The van der Waals surface area contributed by atoms with Gasteiger partial charge in [-0.05, 0) is 13.0 Å². The van der Waals surface area contributed by atoms with Crippen molar-refractivity contribution in [1.82, 2.24) is 4.98 Å². The monoisotopic (exact) mass is 163 g/mol. The van der Waals surface area contributed by atoms with E-state index in [0.29, 0.717) is 24.1 Å². The van der Waals surface area contributed by atoms with Crippen molar-refractivity contribution in [3.63, 3.8) is 0 Å². The summed E-state index contributed by atoms with van der Waals surface area (Å²) in [5.74, 6) is 0.131. The molecule has 0 saturated carbocycles. The highest BCUT2D eigenvalue weighted by Crippen LogP contribution is 2.21. The predicted molar refractivity (Wildman–Crippen MR) is 43.4 cm³/mol. The van der Waals surface area contributed by atoms with Gasteiger partial charge in [0.2, 0.25) is 0 Å². The van der Waals surface area contributed by atoms with E-state index in [1.165, 1.54) is 0 Å². The van der Waals surface area contributed by atoms with E-state index in [-0.39, 0.29) is 11.6 Å². The fourth-order valence-corrected chi connectivity index (χ4v) is 1.52. The highest BCUT2D eigenvalue weighted by atomic mass is 16.1. The van der Waals surface area contributed by atoms with E-state index in [1.807, 2.05) is 6.92 Å². The molecular weight excluding hydrogens is 154 g/mol. The molecule has 0 radical (unpaired) electrons. The van der Waals surface area contributed by atoms with Gasteiger partial charge in [0.25, 0.3) is 0 Å². The van der Waals surface area contributed by atoms with Gasteiger partial charge in [0.15, 0.2) is 11.6 Å². The van der Waals surface area contributed by atoms with Crippen molar-refractivity contribution >= 4 is 11.6 Å². The molecule has 0 aromatic carbocycles. The number of carbonyl (C=O) groups is 2. The molecule has 0 bridgehead atoms. The molecule has 0 unspecified atom stereocenters. The maximum atomic E-state index is 11.3. The smallest absolute Gasteiger partial charge is 0.180 e. The molecule has 0 amide bonds. The Kier molecular flexibility index (Phi) is 1.40. The lowest BCUT2D eigenvalue weighted by Crippen LogP contribution is -2.15. The number of rotatable bonds is 0. The Balaban J connectivity index is 2.61. The summed E-state index contributed by atoms with van der Waals surface area (Å²) in [6.07, 6.45) is 0.717. The second kappa shape index (κ2) is 2.30. The minimum absolute atomic E-state index is 0.0534. The first-order valence-corrected chi connectivity index (χ1v) is 3.94. The molecule has 2 rings (SSSR count). The molecule has 0 saturated heterocycles. The predicted octanol–water partition coefficient (Wildman–Crippen LogP) is 1.48. The van der Waals surface area contributed by atoms with Gasteiger partial charge in [-0.25, -0.2) is 0 Å². The van der Waals surface area contributed by atoms with Crippen LogP contribution in [0, 0.1) is 6.92 Å². The Labute approximate surface area is 69.8 Å². The molecule has 1 aliphatic rings. The number of aryl methyl sites for hydroxylation is 1. The van der Waals surface area contributed by atoms with Gasteiger partial charge in [0.1, 0.15) is 0 Å². The van der Waals surface area contributed by atoms with Crippen LogP contribution in [0.3, 0.4) is 0 Å². The summed E-state index contributed by atoms with van der Waals surface area (Å²) in [6.45, 7) is 1.85. The second-order valence-corrected chi connectivity index (χ2v) is 3.09. The zero-order valence-corrected chi connectivity index (χ0v) is 6.81. The van der Waals surface area contributed by atoms with Crippen molar-refractivity contribution in [1.29, 1.82) is 0 Å². The number of fused-ring (bicyclic) bond motifs is 1. The van der Waals surface area contributed by atoms with Crippen molar-refractivity contribution in [2.75, 3.05) is 0 Å². The van der Waals surface area contributed by atoms with Crippen molar-refractivity contribution in [2.45, 2.75) is 19.8 Å². The molecule has 1 aliphatic carbocycles. The number of hydrogen-bond donors (Lipinski definition) is 1. The van der Waals surface area contributed by atoms with Gasteiger partial charge in [-0.15, -0.1) is 0 Å². The van der Waals surface area contributed by atoms with Crippen LogP contribution in [-0.2, 0) is 0 Å². The Morgan fingerprint density at radius 1 is 1.25 bits per heavy atom. The van der Waals surface area contributed by atoms with Crippen molar-refractivity contribution in [3.8, 4) is 0 Å². The van der Waals surface area contributed by atoms with Gasteiger partial charge >= 0.3 is 0 Å². The molecule has 62 valence electrons. The fourth-order valence-electron chi connectivity index (χ4n) is 1.52. The Morgan fingerprint density at radius 3 is 2.58 bits per heavy atom. The van der Waals surface area contributed by atoms with Gasteiger partial charge in [-0.2, -0.15) is 0 Å². The van der Waals surface area contributed by atoms with Crippen LogP contribution >= 0.6 is 0 Å². The van der Waals surface area contributed by atoms with Gasteiger partial charge in [0, 0.05) is 24.1 Å². The first kappa shape index (κ1) is 7.28. The van der Waals surface area contributed by atoms with Crippen LogP contribution in [0.4, 0.5) is 0 Å². The highest BCUT2D eigenvalue weighted by molar-refractivity contribution is 6.13. The maximum absolute atomic E-state index is 11.3. The van der Waals surface area contributed by atoms with E-state index in [0.717, 1.165) is 5.69 Å². The topological polar surface area (TPSA) is 49.9 Å². The van der Waals surface area contributed by atoms with Crippen molar-refractivity contribution in [3.05, 3.63) is 23.0 Å². The fraction of sp³-hybridized carbons (Fsp3) is 0.333. The van der Waals surface area contributed by atoms with Crippen molar-refractivity contribution in [2.24, 2.45) is 0 Å². The maximum Gasteiger partial charge on any atom is 0.180 e. The molecule has 1 aromatic rings. The van der Waals surface area contributed by atoms with Crippen LogP contribution in [0.5, 0.6) is 0 Å². The van der Waals surface area contributed by atoms with E-state index in [9.17, 15) is 9.59 Å². The van der Waals surface area contributed by atoms with Crippen LogP contribution in [0.25, 0.3) is 0 Å². The summed E-state index contributed by atoms with van der Waals surface area (Å²) in [5, 5.41) is 0. The van der Waals surface area contributed by atoms with Crippen molar-refractivity contribution < 1.29 is 9.59 Å². The zero-order valence-electron chi connectivity index (χ0n) is 6.81. The summed E-state index contributed by atoms with van der Waals surface area (Å²) in [7, 11) is 0. The second-order valence-electron chi connectivity index (χ2n) is 3.09. The number of aromatic amines is 1. The molecule has 3 heteroatoms. The number of aromatic nitrogens is 1. The third-order valence-corrected chi connectivity index (χ3v) is 2.11. The number of hydrogen-bond acceptors (Lipinski definition) is 2. The van der Waals surface area contributed by atoms with Gasteiger partial charge in [-0.3, -0.25) is 9.59 Å². The summed E-state index contributed by atoms with van der Waals surface area (Å²) >= 11 is 0. The average molecular weight is 163 g/mol. The minimum atomic E-state index is 0.0534. The Bertz CT molecular complexity index is 329. The van der Waals surface area contributed by atoms with E-state index in [4.69, 9.17) is 0 Å². The molecule has 1 heterocycles. The zero-order chi connectivity index (χ0) is 8.72. The molecule has 0 atom stereocenters. The molecular formula is C9H9NO2. The molecule has 1 N–H and O–H groups in total. The van der Waals surface area contributed by atoms with Crippen LogP contribution in [0.15, 0.2) is 6.07 Å². The first-order valence-electron chi connectivity index (χ1n) is 3.94. The summed E-state index contributed by atoms with van der Waals surface area (Å²) in [4.78, 5) is 25.4. The minimum Gasteiger partial charge on any atom is -0.356 e. The summed E-state index contributed by atoms with van der Waals surface area (Å²) < 4.78 is 0. The third kappa shape index (κ3) is 0.897. The lowest BCUT2D eigenvalue weighted by atomic mass is 9.96. The molecule has 3 nitrogen and oxygen atoms in total. The van der Waals surface area contributed by atoms with Crippen LogP contribution in [0.1, 0.15) is 39.4 Å². The Hall–Kier alpha value is -1.38. The molecule has 0 aliphatic heterocycles. The quantitative estimate of drug-likeness (QED) is 0.629. The van der Waals surface area contributed by atoms with Gasteiger partial charge in [0.05, 0.1) is 5.69 Å². The van der Waals surface area contributed by atoms with E-state index < -0.39 is 0 Å². The lowest BCUT2D eigenvalue weighted by molar-refractivity contribution is 0.0888. The number of Topliss-reactive ketones (excluding diaryl/α,β-unsaturated/α-hetero) is 2.